The van der Waals surface area contributed by atoms with E-state index in [0.717, 1.165) is 38.6 Å². The third-order valence-electron chi connectivity index (χ3n) is 3.45. The van der Waals surface area contributed by atoms with E-state index < -0.39 is 0 Å². The minimum atomic E-state index is 0.325. The van der Waals surface area contributed by atoms with E-state index in [-0.39, 0.29) is 0 Å². The number of nitrogens with one attached hydrogen (secondary N) is 1. The van der Waals surface area contributed by atoms with Crippen molar-refractivity contribution >= 4 is 0 Å². The van der Waals surface area contributed by atoms with Crippen LogP contribution in [0.2, 0.25) is 0 Å². The molecule has 19 heavy (non-hydrogen) atoms. The fourth-order valence-electron chi connectivity index (χ4n) is 2.53. The molecule has 1 atom stereocenters. The molecule has 0 aromatic rings. The molecule has 1 unspecified atom stereocenters. The van der Waals surface area contributed by atoms with E-state index in [1.807, 2.05) is 0 Å². The van der Waals surface area contributed by atoms with Crippen molar-refractivity contribution in [1.29, 1.82) is 0 Å². The fourth-order valence-corrected chi connectivity index (χ4v) is 2.53. The van der Waals surface area contributed by atoms with Crippen molar-refractivity contribution in [2.45, 2.75) is 47.6 Å². The van der Waals surface area contributed by atoms with E-state index in [0.29, 0.717) is 11.5 Å². The van der Waals surface area contributed by atoms with E-state index in [1.54, 1.807) is 0 Å². The number of hydrogen-bond donors (Lipinski definition) is 1. The van der Waals surface area contributed by atoms with Gasteiger partial charge in [-0.3, -0.25) is 4.90 Å². The van der Waals surface area contributed by atoms with E-state index in [9.17, 15) is 0 Å². The Hall–Kier alpha value is -0.120. The normalized spacial score (nSPS) is 14.7. The van der Waals surface area contributed by atoms with Crippen LogP contribution in [0.5, 0.6) is 0 Å². The fraction of sp³-hybridized carbons (Fsp3) is 1.00. The van der Waals surface area contributed by atoms with Crippen LogP contribution < -0.4 is 5.32 Å². The van der Waals surface area contributed by atoms with Crippen molar-refractivity contribution < 1.29 is 0 Å². The van der Waals surface area contributed by atoms with Gasteiger partial charge in [0.25, 0.3) is 0 Å². The number of likely N-dealkylation sites (N-methyl/N-ethyl adjacent to an activating group) is 2. The summed E-state index contributed by atoms with van der Waals surface area (Å²) in [6.07, 6.45) is 0. The van der Waals surface area contributed by atoms with Crippen molar-refractivity contribution in [1.82, 2.24) is 15.1 Å². The Balaban J connectivity index is 4.25. The molecule has 0 rings (SSSR count). The standard InChI is InChI=1S/C16H37N3/c1-9-19(15(4)11-18(7)8)13-16(5,6)12-17-10-14(2)3/h14-15,17H,9-13H2,1-8H3. The molecule has 1 N–H and O–H groups in total. The van der Waals surface area contributed by atoms with Gasteiger partial charge in [0, 0.05) is 25.7 Å². The minimum Gasteiger partial charge on any atom is -0.316 e. The van der Waals surface area contributed by atoms with E-state index in [4.69, 9.17) is 0 Å². The Bertz CT molecular complexity index is 224. The number of hydrogen-bond acceptors (Lipinski definition) is 3. The van der Waals surface area contributed by atoms with Gasteiger partial charge in [0.05, 0.1) is 0 Å². The highest BCUT2D eigenvalue weighted by Gasteiger charge is 2.23. The van der Waals surface area contributed by atoms with E-state index in [2.05, 4.69) is 70.8 Å². The van der Waals surface area contributed by atoms with Gasteiger partial charge in [0.1, 0.15) is 0 Å². The monoisotopic (exact) mass is 271 g/mol. The van der Waals surface area contributed by atoms with Gasteiger partial charge in [-0.1, -0.05) is 34.6 Å². The summed E-state index contributed by atoms with van der Waals surface area (Å²) in [5.41, 5.74) is 0.325. The van der Waals surface area contributed by atoms with Gasteiger partial charge in [-0.25, -0.2) is 0 Å². The quantitative estimate of drug-likeness (QED) is 0.659. The molecule has 0 aromatic carbocycles. The summed E-state index contributed by atoms with van der Waals surface area (Å²) in [6.45, 7) is 19.5. The van der Waals surface area contributed by atoms with Crippen LogP contribution in [0, 0.1) is 11.3 Å². The molecule has 3 nitrogen and oxygen atoms in total. The van der Waals surface area contributed by atoms with Gasteiger partial charge in [0.2, 0.25) is 0 Å². The SMILES string of the molecule is CCN(CC(C)(C)CNCC(C)C)C(C)CN(C)C. The minimum absolute atomic E-state index is 0.325. The highest BCUT2D eigenvalue weighted by molar-refractivity contribution is 4.79. The second-order valence-corrected chi connectivity index (χ2v) is 7.36. The van der Waals surface area contributed by atoms with Gasteiger partial charge in [-0.05, 0) is 45.4 Å². The maximum absolute atomic E-state index is 3.60. The number of rotatable bonds is 10. The predicted octanol–water partition coefficient (Wildman–Crippen LogP) is 2.53. The summed E-state index contributed by atoms with van der Waals surface area (Å²) < 4.78 is 0. The first-order valence-corrected chi connectivity index (χ1v) is 7.77. The molecule has 0 aliphatic heterocycles. The first-order chi connectivity index (χ1) is 8.68. The van der Waals surface area contributed by atoms with Crippen LogP contribution in [0.15, 0.2) is 0 Å². The Labute approximate surface area is 121 Å². The Morgan fingerprint density at radius 2 is 1.68 bits per heavy atom. The summed E-state index contributed by atoms with van der Waals surface area (Å²) in [7, 11) is 4.30. The molecule has 0 radical (unpaired) electrons. The largest absolute Gasteiger partial charge is 0.316 e. The molecule has 0 aliphatic rings. The van der Waals surface area contributed by atoms with Gasteiger partial charge >= 0.3 is 0 Å². The predicted molar refractivity (Wildman–Crippen MR) is 86.8 cm³/mol. The zero-order valence-electron chi connectivity index (χ0n) is 14.6. The van der Waals surface area contributed by atoms with Gasteiger partial charge in [0.15, 0.2) is 0 Å². The van der Waals surface area contributed by atoms with Crippen LogP contribution >= 0.6 is 0 Å². The van der Waals surface area contributed by atoms with Gasteiger partial charge < -0.3 is 10.2 Å². The smallest absolute Gasteiger partial charge is 0.0194 e. The first kappa shape index (κ1) is 18.9. The molecule has 0 amide bonds. The Morgan fingerprint density at radius 3 is 2.11 bits per heavy atom. The van der Waals surface area contributed by atoms with Crippen molar-refractivity contribution in [2.75, 3.05) is 46.8 Å². The van der Waals surface area contributed by atoms with Crippen LogP contribution in [0.25, 0.3) is 0 Å². The molecule has 0 saturated heterocycles. The number of nitrogens with zero attached hydrogens (tertiary/aromatic N) is 2. The zero-order chi connectivity index (χ0) is 15.1. The molecule has 0 aromatic heterocycles. The van der Waals surface area contributed by atoms with Crippen molar-refractivity contribution in [3.05, 3.63) is 0 Å². The highest BCUT2D eigenvalue weighted by Crippen LogP contribution is 2.17. The molecule has 0 fully saturated rings. The van der Waals surface area contributed by atoms with Crippen LogP contribution in [-0.2, 0) is 0 Å². The van der Waals surface area contributed by atoms with Crippen molar-refractivity contribution in [3.63, 3.8) is 0 Å². The topological polar surface area (TPSA) is 18.5 Å². The Morgan fingerprint density at radius 1 is 1.11 bits per heavy atom. The summed E-state index contributed by atoms with van der Waals surface area (Å²) in [6, 6.07) is 0.615. The summed E-state index contributed by atoms with van der Waals surface area (Å²) in [5.74, 6) is 0.728. The third kappa shape index (κ3) is 9.42. The van der Waals surface area contributed by atoms with E-state index >= 15 is 0 Å². The zero-order valence-corrected chi connectivity index (χ0v) is 14.6. The van der Waals surface area contributed by atoms with Gasteiger partial charge in [-0.15, -0.1) is 0 Å². The average molecular weight is 271 g/mol. The third-order valence-corrected chi connectivity index (χ3v) is 3.45. The summed E-state index contributed by atoms with van der Waals surface area (Å²) >= 11 is 0. The lowest BCUT2D eigenvalue weighted by Crippen LogP contribution is -2.47. The van der Waals surface area contributed by atoms with Gasteiger partial charge in [-0.2, -0.15) is 0 Å². The average Bonchev–Trinajstić information content (AvgIpc) is 2.23. The second kappa shape index (κ2) is 8.93. The molecular formula is C16H37N3. The lowest BCUT2D eigenvalue weighted by atomic mass is 9.91. The lowest BCUT2D eigenvalue weighted by Gasteiger charge is -2.37. The maximum Gasteiger partial charge on any atom is 0.0194 e. The Kier molecular flexibility index (Phi) is 8.88. The summed E-state index contributed by atoms with van der Waals surface area (Å²) in [4.78, 5) is 4.87. The molecule has 0 aliphatic carbocycles. The van der Waals surface area contributed by atoms with Crippen LogP contribution in [0.4, 0.5) is 0 Å². The molecular weight excluding hydrogens is 234 g/mol. The van der Waals surface area contributed by atoms with Crippen molar-refractivity contribution in [3.8, 4) is 0 Å². The second-order valence-electron chi connectivity index (χ2n) is 7.36. The molecule has 3 heteroatoms. The summed E-state index contributed by atoms with van der Waals surface area (Å²) in [5, 5.41) is 3.60. The maximum atomic E-state index is 3.60. The molecule has 116 valence electrons. The highest BCUT2D eigenvalue weighted by atomic mass is 15.2. The van der Waals surface area contributed by atoms with Crippen LogP contribution in [-0.4, -0.2) is 62.7 Å². The van der Waals surface area contributed by atoms with Crippen LogP contribution in [0.1, 0.15) is 41.5 Å². The molecule has 0 spiro atoms. The molecule has 0 saturated carbocycles. The van der Waals surface area contributed by atoms with Crippen LogP contribution in [0.3, 0.4) is 0 Å². The first-order valence-electron chi connectivity index (χ1n) is 7.77. The van der Waals surface area contributed by atoms with Crippen molar-refractivity contribution in [2.24, 2.45) is 11.3 Å². The lowest BCUT2D eigenvalue weighted by molar-refractivity contribution is 0.122. The molecule has 0 bridgehead atoms. The van der Waals surface area contributed by atoms with E-state index in [1.165, 1.54) is 0 Å². The molecule has 0 heterocycles.